The van der Waals surface area contributed by atoms with E-state index < -0.39 is 5.97 Å². The Bertz CT molecular complexity index is 650. The largest absolute Gasteiger partial charge is 0.480 e. The van der Waals surface area contributed by atoms with E-state index in [9.17, 15) is 4.79 Å². The molecule has 0 bridgehead atoms. The summed E-state index contributed by atoms with van der Waals surface area (Å²) in [4.78, 5) is 25.2. The van der Waals surface area contributed by atoms with E-state index in [4.69, 9.17) is 9.84 Å². The van der Waals surface area contributed by atoms with Crippen molar-refractivity contribution in [3.8, 4) is 0 Å². The highest BCUT2D eigenvalue weighted by Gasteiger charge is 2.21. The molecule has 1 N–H and O–H groups in total. The molecule has 2 aromatic rings. The highest BCUT2D eigenvalue weighted by Crippen LogP contribution is 2.27. The van der Waals surface area contributed by atoms with Crippen LogP contribution < -0.4 is 4.90 Å². The predicted molar refractivity (Wildman–Crippen MR) is 75.1 cm³/mol. The minimum atomic E-state index is -0.917. The summed E-state index contributed by atoms with van der Waals surface area (Å²) in [6.45, 7) is 0.597. The number of nitrogens with zero attached hydrogens (tertiary/aromatic N) is 5. The molecular formula is C13H17N5O3. The fourth-order valence-corrected chi connectivity index (χ4v) is 2.55. The summed E-state index contributed by atoms with van der Waals surface area (Å²) in [5.41, 5.74) is 1.26. The number of fused-ring (bicyclic) bond motifs is 1. The Hall–Kier alpha value is -2.22. The third-order valence-electron chi connectivity index (χ3n) is 3.54. The zero-order valence-corrected chi connectivity index (χ0v) is 11.8. The molecule has 8 heteroatoms. The van der Waals surface area contributed by atoms with Crippen molar-refractivity contribution in [1.82, 2.24) is 19.5 Å². The van der Waals surface area contributed by atoms with Crippen molar-refractivity contribution in [3.63, 3.8) is 0 Å². The Labute approximate surface area is 121 Å². The van der Waals surface area contributed by atoms with Gasteiger partial charge in [0.2, 0.25) is 0 Å². The summed E-state index contributed by atoms with van der Waals surface area (Å²) < 4.78 is 7.65. The molecule has 0 spiro atoms. The van der Waals surface area contributed by atoms with Crippen molar-refractivity contribution >= 4 is 23.0 Å². The Kier molecular flexibility index (Phi) is 3.70. The maximum Gasteiger partial charge on any atom is 0.323 e. The van der Waals surface area contributed by atoms with Gasteiger partial charge in [-0.2, -0.15) is 0 Å². The van der Waals surface area contributed by atoms with Crippen LogP contribution in [0.5, 0.6) is 0 Å². The number of imidazole rings is 1. The molecule has 1 atom stereocenters. The van der Waals surface area contributed by atoms with Crippen LogP contribution >= 0.6 is 0 Å². The summed E-state index contributed by atoms with van der Waals surface area (Å²) in [6, 6.07) is 0. The topological polar surface area (TPSA) is 93.4 Å². The molecule has 0 amide bonds. The summed E-state index contributed by atoms with van der Waals surface area (Å²) in [5.74, 6) is -0.406. The quantitative estimate of drug-likeness (QED) is 0.899. The van der Waals surface area contributed by atoms with Crippen LogP contribution in [0.3, 0.4) is 0 Å². The van der Waals surface area contributed by atoms with Crippen molar-refractivity contribution in [1.29, 1.82) is 0 Å². The molecule has 21 heavy (non-hydrogen) atoms. The van der Waals surface area contributed by atoms with Gasteiger partial charge in [-0.05, 0) is 19.3 Å². The van der Waals surface area contributed by atoms with E-state index in [-0.39, 0.29) is 12.8 Å². The van der Waals surface area contributed by atoms with Crippen LogP contribution in [0.2, 0.25) is 0 Å². The zero-order chi connectivity index (χ0) is 14.8. The molecule has 0 aromatic carbocycles. The smallest absolute Gasteiger partial charge is 0.323 e. The van der Waals surface area contributed by atoms with Crippen LogP contribution in [-0.2, 0) is 9.53 Å². The number of hydrogen-bond acceptors (Lipinski definition) is 6. The number of aliphatic carboxylic acids is 1. The first kappa shape index (κ1) is 13.7. The van der Waals surface area contributed by atoms with Gasteiger partial charge in [0.25, 0.3) is 0 Å². The number of likely N-dealkylation sites (N-methyl/N-ethyl adjacent to an activating group) is 1. The van der Waals surface area contributed by atoms with E-state index in [0.29, 0.717) is 17.0 Å². The number of hydrogen-bond donors (Lipinski definition) is 1. The normalized spacial score (nSPS) is 18.8. The van der Waals surface area contributed by atoms with Gasteiger partial charge in [-0.15, -0.1) is 0 Å². The minimum absolute atomic E-state index is 0.0590. The average Bonchev–Trinajstić information content (AvgIpc) is 2.91. The molecule has 112 valence electrons. The molecule has 1 fully saturated rings. The highest BCUT2D eigenvalue weighted by molar-refractivity contribution is 5.85. The van der Waals surface area contributed by atoms with Gasteiger partial charge in [-0.3, -0.25) is 9.36 Å². The molecule has 0 radical (unpaired) electrons. The number of aromatic nitrogens is 4. The first-order chi connectivity index (χ1) is 10.2. The predicted octanol–water partition coefficient (Wildman–Crippen LogP) is 1.05. The van der Waals surface area contributed by atoms with Gasteiger partial charge in [-0.25, -0.2) is 15.0 Å². The van der Waals surface area contributed by atoms with Crippen molar-refractivity contribution in [2.24, 2.45) is 0 Å². The van der Waals surface area contributed by atoms with Crippen LogP contribution in [0.25, 0.3) is 11.2 Å². The third-order valence-corrected chi connectivity index (χ3v) is 3.54. The van der Waals surface area contributed by atoms with Crippen LogP contribution in [0.4, 0.5) is 5.82 Å². The van der Waals surface area contributed by atoms with Crippen LogP contribution in [0.15, 0.2) is 12.7 Å². The summed E-state index contributed by atoms with van der Waals surface area (Å²) in [5, 5.41) is 8.90. The number of carboxylic acids is 1. The second-order valence-electron chi connectivity index (χ2n) is 5.09. The molecule has 2 aromatic heterocycles. The van der Waals surface area contributed by atoms with E-state index in [1.807, 2.05) is 4.57 Å². The Morgan fingerprint density at radius 1 is 1.48 bits per heavy atom. The lowest BCUT2D eigenvalue weighted by molar-refractivity contribution is -0.135. The molecule has 1 aliphatic heterocycles. The van der Waals surface area contributed by atoms with Crippen LogP contribution in [0.1, 0.15) is 25.5 Å². The molecule has 8 nitrogen and oxygen atoms in total. The molecule has 1 saturated heterocycles. The van der Waals surface area contributed by atoms with E-state index in [0.717, 1.165) is 25.9 Å². The van der Waals surface area contributed by atoms with Gasteiger partial charge < -0.3 is 14.7 Å². The first-order valence-electron chi connectivity index (χ1n) is 6.89. The molecule has 3 rings (SSSR count). The number of carboxylic acid groups (broad SMARTS) is 1. The summed E-state index contributed by atoms with van der Waals surface area (Å²) in [7, 11) is 1.67. The summed E-state index contributed by atoms with van der Waals surface area (Å²) >= 11 is 0. The maximum atomic E-state index is 10.8. The Morgan fingerprint density at radius 3 is 3.05 bits per heavy atom. The van der Waals surface area contributed by atoms with Gasteiger partial charge in [0.1, 0.15) is 19.1 Å². The van der Waals surface area contributed by atoms with Gasteiger partial charge in [0.15, 0.2) is 17.0 Å². The standard InChI is InChI=1S/C13H17N5O3/c1-17(6-10(19)20)12-11-13(15-7-14-12)18(8-16-11)9-4-2-3-5-21-9/h7-9H,2-6H2,1H3,(H,19,20). The highest BCUT2D eigenvalue weighted by atomic mass is 16.5. The zero-order valence-electron chi connectivity index (χ0n) is 11.8. The summed E-state index contributed by atoms with van der Waals surface area (Å²) in [6.07, 6.45) is 6.17. The number of anilines is 1. The average molecular weight is 291 g/mol. The monoisotopic (exact) mass is 291 g/mol. The molecule has 1 aliphatic rings. The Morgan fingerprint density at radius 2 is 2.33 bits per heavy atom. The number of carbonyl (C=O) groups is 1. The van der Waals surface area contributed by atoms with Gasteiger partial charge in [0.05, 0.1) is 6.33 Å². The fourth-order valence-electron chi connectivity index (χ4n) is 2.55. The van der Waals surface area contributed by atoms with E-state index in [1.54, 1.807) is 18.3 Å². The maximum absolute atomic E-state index is 10.8. The van der Waals surface area contributed by atoms with Crippen LogP contribution in [0, 0.1) is 0 Å². The van der Waals surface area contributed by atoms with Crippen molar-refractivity contribution in [2.75, 3.05) is 25.1 Å². The van der Waals surface area contributed by atoms with Gasteiger partial charge in [-0.1, -0.05) is 0 Å². The van der Waals surface area contributed by atoms with E-state index in [2.05, 4.69) is 15.0 Å². The second-order valence-corrected chi connectivity index (χ2v) is 5.09. The van der Waals surface area contributed by atoms with Crippen molar-refractivity contribution < 1.29 is 14.6 Å². The lowest BCUT2D eigenvalue weighted by Crippen LogP contribution is -2.26. The molecule has 0 aliphatic carbocycles. The van der Waals surface area contributed by atoms with Gasteiger partial charge >= 0.3 is 5.97 Å². The number of rotatable bonds is 4. The van der Waals surface area contributed by atoms with E-state index >= 15 is 0 Å². The molecular weight excluding hydrogens is 274 g/mol. The second kappa shape index (κ2) is 5.65. The minimum Gasteiger partial charge on any atom is -0.480 e. The first-order valence-corrected chi connectivity index (χ1v) is 6.89. The van der Waals surface area contributed by atoms with Crippen LogP contribution in [-0.4, -0.2) is 50.8 Å². The fraction of sp³-hybridized carbons (Fsp3) is 0.538. The molecule has 3 heterocycles. The molecule has 0 saturated carbocycles. The van der Waals surface area contributed by atoms with Crippen molar-refractivity contribution in [3.05, 3.63) is 12.7 Å². The molecule has 1 unspecified atom stereocenters. The SMILES string of the molecule is CN(CC(=O)O)c1ncnc2c1ncn2C1CCCCO1. The lowest BCUT2D eigenvalue weighted by atomic mass is 10.2. The van der Waals surface area contributed by atoms with Crippen molar-refractivity contribution in [2.45, 2.75) is 25.5 Å². The van der Waals surface area contributed by atoms with E-state index in [1.165, 1.54) is 6.33 Å². The third kappa shape index (κ3) is 2.66. The lowest BCUT2D eigenvalue weighted by Gasteiger charge is -2.23. The van der Waals surface area contributed by atoms with Gasteiger partial charge in [0, 0.05) is 13.7 Å². The Balaban J connectivity index is 1.97. The number of ether oxygens (including phenoxy) is 1.